The van der Waals surface area contributed by atoms with Gasteiger partial charge in [0.05, 0.1) is 11.0 Å². The molecular weight excluding hydrogens is 208 g/mol. The summed E-state index contributed by atoms with van der Waals surface area (Å²) in [5.74, 6) is 0. The molecule has 2 nitrogen and oxygen atoms in total. The largest absolute Gasteiger partial charge is 0.341 e. The first-order valence-electron chi connectivity index (χ1n) is 6.18. The zero-order chi connectivity index (χ0) is 12.8. The summed E-state index contributed by atoms with van der Waals surface area (Å²) in [5.41, 5.74) is 3.95. The summed E-state index contributed by atoms with van der Waals surface area (Å²) < 4.78 is 2.33. The summed E-state index contributed by atoms with van der Waals surface area (Å²) >= 11 is 0. The van der Waals surface area contributed by atoms with E-state index in [0.29, 0.717) is 0 Å². The predicted molar refractivity (Wildman–Crippen MR) is 73.4 cm³/mol. The van der Waals surface area contributed by atoms with Gasteiger partial charge < -0.3 is 4.57 Å². The SMILES string of the molecule is CC(C)(C)c1ccnc2ccn(C(C)(C)C)c12. The molecule has 0 spiro atoms. The summed E-state index contributed by atoms with van der Waals surface area (Å²) in [6, 6.07) is 4.25. The maximum Gasteiger partial charge on any atom is 0.0884 e. The van der Waals surface area contributed by atoms with Gasteiger partial charge >= 0.3 is 0 Å². The van der Waals surface area contributed by atoms with E-state index >= 15 is 0 Å². The van der Waals surface area contributed by atoms with Crippen LogP contribution in [0, 0.1) is 0 Å². The first-order valence-corrected chi connectivity index (χ1v) is 6.18. The van der Waals surface area contributed by atoms with Crippen molar-refractivity contribution in [3.05, 3.63) is 30.1 Å². The van der Waals surface area contributed by atoms with E-state index in [4.69, 9.17) is 0 Å². The van der Waals surface area contributed by atoms with Crippen LogP contribution in [0.25, 0.3) is 11.0 Å². The van der Waals surface area contributed by atoms with E-state index in [-0.39, 0.29) is 11.0 Å². The lowest BCUT2D eigenvalue weighted by atomic mass is 9.86. The van der Waals surface area contributed by atoms with Gasteiger partial charge in [-0.15, -0.1) is 0 Å². The van der Waals surface area contributed by atoms with E-state index in [1.54, 1.807) is 0 Å². The Morgan fingerprint density at radius 2 is 1.65 bits per heavy atom. The third-order valence-corrected chi connectivity index (χ3v) is 3.11. The molecule has 0 N–H and O–H groups in total. The second-order valence-electron chi connectivity index (χ2n) is 6.70. The summed E-state index contributed by atoms with van der Waals surface area (Å²) in [6.07, 6.45) is 4.06. The lowest BCUT2D eigenvalue weighted by Gasteiger charge is -2.27. The molecule has 17 heavy (non-hydrogen) atoms. The van der Waals surface area contributed by atoms with E-state index in [9.17, 15) is 0 Å². The molecule has 0 unspecified atom stereocenters. The Kier molecular flexibility index (Phi) is 2.57. The maximum atomic E-state index is 4.47. The number of fused-ring (bicyclic) bond motifs is 1. The molecule has 0 saturated heterocycles. The number of pyridine rings is 1. The highest BCUT2D eigenvalue weighted by atomic mass is 15.0. The first kappa shape index (κ1) is 12.2. The molecule has 2 heterocycles. The van der Waals surface area contributed by atoms with Crippen LogP contribution < -0.4 is 0 Å². The maximum absolute atomic E-state index is 4.47. The molecule has 0 aliphatic carbocycles. The van der Waals surface area contributed by atoms with Gasteiger partial charge in [-0.05, 0) is 43.9 Å². The topological polar surface area (TPSA) is 17.8 Å². The van der Waals surface area contributed by atoms with Crippen LogP contribution in [0.4, 0.5) is 0 Å². The number of nitrogens with zero attached hydrogens (tertiary/aromatic N) is 2. The Morgan fingerprint density at radius 3 is 2.18 bits per heavy atom. The van der Waals surface area contributed by atoms with Gasteiger partial charge in [0.25, 0.3) is 0 Å². The fraction of sp³-hybridized carbons (Fsp3) is 0.533. The second-order valence-corrected chi connectivity index (χ2v) is 6.70. The summed E-state index contributed by atoms with van der Waals surface area (Å²) in [7, 11) is 0. The van der Waals surface area contributed by atoms with Gasteiger partial charge in [0.15, 0.2) is 0 Å². The number of hydrogen-bond donors (Lipinski definition) is 0. The molecule has 0 radical (unpaired) electrons. The molecule has 2 aromatic rings. The zero-order valence-electron chi connectivity index (χ0n) is 11.7. The standard InChI is InChI=1S/C15H22N2/c1-14(2,3)11-7-9-16-12-8-10-17(13(11)12)15(4,5)6/h7-10H,1-6H3. The fourth-order valence-electron chi connectivity index (χ4n) is 2.23. The van der Waals surface area contributed by atoms with Crippen LogP contribution in [0.1, 0.15) is 47.1 Å². The molecule has 92 valence electrons. The van der Waals surface area contributed by atoms with Gasteiger partial charge in [-0.2, -0.15) is 0 Å². The van der Waals surface area contributed by atoms with Crippen molar-refractivity contribution in [2.75, 3.05) is 0 Å². The summed E-state index contributed by atoms with van der Waals surface area (Å²) in [5, 5.41) is 0. The second kappa shape index (κ2) is 3.59. The van der Waals surface area contributed by atoms with E-state index in [2.05, 4.69) is 69.4 Å². The Labute approximate surface area is 104 Å². The van der Waals surface area contributed by atoms with Gasteiger partial charge in [0.1, 0.15) is 0 Å². The molecule has 0 atom stereocenters. The first-order chi connectivity index (χ1) is 7.71. The van der Waals surface area contributed by atoms with Crippen molar-refractivity contribution in [2.24, 2.45) is 0 Å². The Bertz CT molecular complexity index is 536. The van der Waals surface area contributed by atoms with Crippen LogP contribution in [-0.4, -0.2) is 9.55 Å². The molecule has 2 heteroatoms. The van der Waals surface area contributed by atoms with Crippen molar-refractivity contribution in [3.8, 4) is 0 Å². The highest BCUT2D eigenvalue weighted by Gasteiger charge is 2.23. The van der Waals surface area contributed by atoms with Crippen molar-refractivity contribution >= 4 is 11.0 Å². The smallest absolute Gasteiger partial charge is 0.0884 e. The number of aromatic nitrogens is 2. The summed E-state index contributed by atoms with van der Waals surface area (Å²) in [4.78, 5) is 4.47. The van der Waals surface area contributed by atoms with Gasteiger partial charge in [-0.3, -0.25) is 4.98 Å². The molecule has 0 aliphatic rings. The van der Waals surface area contributed by atoms with Crippen LogP contribution >= 0.6 is 0 Å². The van der Waals surface area contributed by atoms with Gasteiger partial charge in [0.2, 0.25) is 0 Å². The van der Waals surface area contributed by atoms with Gasteiger partial charge in [-0.25, -0.2) is 0 Å². The molecule has 0 bridgehead atoms. The number of hydrogen-bond acceptors (Lipinski definition) is 1. The van der Waals surface area contributed by atoms with Crippen molar-refractivity contribution < 1.29 is 0 Å². The van der Waals surface area contributed by atoms with Crippen molar-refractivity contribution in [1.82, 2.24) is 9.55 Å². The molecule has 0 aliphatic heterocycles. The minimum atomic E-state index is 0.0881. The molecule has 0 saturated carbocycles. The van der Waals surface area contributed by atoms with E-state index in [1.165, 1.54) is 11.1 Å². The minimum absolute atomic E-state index is 0.0881. The van der Waals surface area contributed by atoms with Crippen LogP contribution in [0.5, 0.6) is 0 Å². The fourth-order valence-corrected chi connectivity index (χ4v) is 2.23. The van der Waals surface area contributed by atoms with Crippen LogP contribution in [0.15, 0.2) is 24.5 Å². The van der Waals surface area contributed by atoms with E-state index in [1.807, 2.05) is 6.20 Å². The van der Waals surface area contributed by atoms with Crippen LogP contribution in [-0.2, 0) is 11.0 Å². The molecule has 0 fully saturated rings. The molecule has 2 aromatic heterocycles. The molecule has 2 rings (SSSR count). The monoisotopic (exact) mass is 230 g/mol. The average Bonchev–Trinajstić information content (AvgIpc) is 2.57. The van der Waals surface area contributed by atoms with Crippen molar-refractivity contribution in [1.29, 1.82) is 0 Å². The van der Waals surface area contributed by atoms with E-state index < -0.39 is 0 Å². The van der Waals surface area contributed by atoms with Crippen LogP contribution in [0.3, 0.4) is 0 Å². The lowest BCUT2D eigenvalue weighted by molar-refractivity contribution is 0.408. The number of rotatable bonds is 0. The Hall–Kier alpha value is -1.31. The quantitative estimate of drug-likeness (QED) is 0.666. The van der Waals surface area contributed by atoms with Gasteiger partial charge in [-0.1, -0.05) is 20.8 Å². The van der Waals surface area contributed by atoms with Crippen molar-refractivity contribution in [3.63, 3.8) is 0 Å². The highest BCUT2D eigenvalue weighted by molar-refractivity contribution is 5.80. The Morgan fingerprint density at radius 1 is 1.00 bits per heavy atom. The highest BCUT2D eigenvalue weighted by Crippen LogP contribution is 2.32. The molecular formula is C15H22N2. The third-order valence-electron chi connectivity index (χ3n) is 3.11. The molecule has 0 amide bonds. The van der Waals surface area contributed by atoms with Gasteiger partial charge in [0, 0.05) is 17.9 Å². The zero-order valence-corrected chi connectivity index (χ0v) is 11.7. The summed E-state index contributed by atoms with van der Waals surface area (Å²) in [6.45, 7) is 13.4. The lowest BCUT2D eigenvalue weighted by Crippen LogP contribution is -2.23. The molecule has 0 aromatic carbocycles. The normalized spacial score (nSPS) is 13.3. The van der Waals surface area contributed by atoms with E-state index in [0.717, 1.165) is 5.52 Å². The predicted octanol–water partition coefficient (Wildman–Crippen LogP) is 4.09. The average molecular weight is 230 g/mol. The minimum Gasteiger partial charge on any atom is -0.341 e. The van der Waals surface area contributed by atoms with Crippen molar-refractivity contribution in [2.45, 2.75) is 52.5 Å². The van der Waals surface area contributed by atoms with Crippen LogP contribution in [0.2, 0.25) is 0 Å². The Balaban J connectivity index is 2.82. The third kappa shape index (κ3) is 2.08.